The van der Waals surface area contributed by atoms with Crippen LogP contribution in [0.5, 0.6) is 0 Å². The molecule has 2 aromatic rings. The monoisotopic (exact) mass is 333 g/mol. The molecule has 24 heavy (non-hydrogen) atoms. The van der Waals surface area contributed by atoms with Gasteiger partial charge in [-0.1, -0.05) is 5.16 Å². The van der Waals surface area contributed by atoms with Gasteiger partial charge in [0.05, 0.1) is 23.0 Å². The van der Waals surface area contributed by atoms with Gasteiger partial charge in [-0.3, -0.25) is 4.68 Å². The van der Waals surface area contributed by atoms with E-state index in [9.17, 15) is 4.79 Å². The van der Waals surface area contributed by atoms with E-state index in [4.69, 9.17) is 4.52 Å². The smallest absolute Gasteiger partial charge is 0.315 e. The van der Waals surface area contributed by atoms with Gasteiger partial charge in [0, 0.05) is 23.9 Å². The summed E-state index contributed by atoms with van der Waals surface area (Å²) in [7, 11) is 0. The van der Waals surface area contributed by atoms with Gasteiger partial charge in [-0.05, 0) is 48.5 Å². The number of carbonyl (C=O) groups is 1. The summed E-state index contributed by atoms with van der Waals surface area (Å²) in [6.45, 7) is 14.3. The molecule has 1 atom stereocenters. The van der Waals surface area contributed by atoms with E-state index in [1.807, 2.05) is 38.6 Å². The number of aryl methyl sites for hydroxylation is 3. The van der Waals surface area contributed by atoms with Gasteiger partial charge >= 0.3 is 6.03 Å². The molecule has 0 aliphatic carbocycles. The number of nitrogens with zero attached hydrogens (tertiary/aromatic N) is 3. The fourth-order valence-electron chi connectivity index (χ4n) is 2.49. The molecule has 2 amide bonds. The topological polar surface area (TPSA) is 85.0 Å². The number of hydrogen-bond donors (Lipinski definition) is 2. The molecule has 2 N–H and O–H groups in total. The SMILES string of the molecule is Cc1nn(C(C)(C)C)cc1[C@H](C)NC(=O)NCc1c(C)noc1C. The van der Waals surface area contributed by atoms with Gasteiger partial charge in [0.1, 0.15) is 5.76 Å². The number of nitrogens with one attached hydrogen (secondary N) is 2. The van der Waals surface area contributed by atoms with Crippen LogP contribution < -0.4 is 10.6 Å². The Morgan fingerprint density at radius 2 is 1.96 bits per heavy atom. The van der Waals surface area contributed by atoms with Crippen molar-refractivity contribution in [2.24, 2.45) is 0 Å². The van der Waals surface area contributed by atoms with E-state index in [2.05, 4.69) is 41.7 Å². The van der Waals surface area contributed by atoms with Crippen LogP contribution >= 0.6 is 0 Å². The molecule has 2 heterocycles. The van der Waals surface area contributed by atoms with Crippen molar-refractivity contribution in [3.63, 3.8) is 0 Å². The highest BCUT2D eigenvalue weighted by Gasteiger charge is 2.20. The molecule has 0 aliphatic heterocycles. The lowest BCUT2D eigenvalue weighted by atomic mass is 10.1. The van der Waals surface area contributed by atoms with Crippen molar-refractivity contribution < 1.29 is 9.32 Å². The lowest BCUT2D eigenvalue weighted by molar-refractivity contribution is 0.237. The Bertz CT molecular complexity index is 704. The molecule has 0 radical (unpaired) electrons. The van der Waals surface area contributed by atoms with Crippen molar-refractivity contribution in [3.8, 4) is 0 Å². The van der Waals surface area contributed by atoms with Crippen LogP contribution in [-0.4, -0.2) is 21.0 Å². The molecule has 2 aromatic heterocycles. The summed E-state index contributed by atoms with van der Waals surface area (Å²) in [6, 6.07) is -0.365. The second kappa shape index (κ2) is 6.67. The molecule has 0 bridgehead atoms. The van der Waals surface area contributed by atoms with Crippen LogP contribution in [0.15, 0.2) is 10.7 Å². The first-order chi connectivity index (χ1) is 11.1. The van der Waals surface area contributed by atoms with Crippen LogP contribution in [0.3, 0.4) is 0 Å². The zero-order chi connectivity index (χ0) is 18.1. The molecule has 0 unspecified atom stereocenters. The standard InChI is InChI=1S/C17H27N5O2/c1-10(15-9-22(17(5,6)7)20-11(15)2)19-16(23)18-8-14-12(3)21-24-13(14)4/h9-10H,8H2,1-7H3,(H2,18,19,23)/t10-/m0/s1. The summed E-state index contributed by atoms with van der Waals surface area (Å²) in [6.07, 6.45) is 1.99. The Kier molecular flexibility index (Phi) is 5.01. The van der Waals surface area contributed by atoms with Gasteiger partial charge in [-0.25, -0.2) is 4.79 Å². The maximum Gasteiger partial charge on any atom is 0.315 e. The highest BCUT2D eigenvalue weighted by atomic mass is 16.5. The van der Waals surface area contributed by atoms with Crippen LogP contribution in [0.4, 0.5) is 4.79 Å². The number of hydrogen-bond acceptors (Lipinski definition) is 4. The second-order valence-corrected chi connectivity index (χ2v) is 7.14. The fourth-order valence-corrected chi connectivity index (χ4v) is 2.49. The van der Waals surface area contributed by atoms with Crippen molar-refractivity contribution >= 4 is 6.03 Å². The maximum absolute atomic E-state index is 12.2. The zero-order valence-corrected chi connectivity index (χ0v) is 15.5. The van der Waals surface area contributed by atoms with Crippen LogP contribution in [-0.2, 0) is 12.1 Å². The minimum Gasteiger partial charge on any atom is -0.361 e. The molecule has 0 fully saturated rings. The van der Waals surface area contributed by atoms with Gasteiger partial charge in [0.25, 0.3) is 0 Å². The number of amides is 2. The summed E-state index contributed by atoms with van der Waals surface area (Å²) >= 11 is 0. The summed E-state index contributed by atoms with van der Waals surface area (Å²) < 4.78 is 7.02. The molecule has 7 heteroatoms. The first-order valence-corrected chi connectivity index (χ1v) is 8.12. The van der Waals surface area contributed by atoms with Crippen molar-refractivity contribution in [1.29, 1.82) is 0 Å². The average molecular weight is 333 g/mol. The Morgan fingerprint density at radius 3 is 2.46 bits per heavy atom. The first-order valence-electron chi connectivity index (χ1n) is 8.12. The third-order valence-corrected chi connectivity index (χ3v) is 4.05. The quantitative estimate of drug-likeness (QED) is 0.900. The molecule has 7 nitrogen and oxygen atoms in total. The number of carbonyl (C=O) groups excluding carboxylic acids is 1. The normalized spacial score (nSPS) is 13.0. The highest BCUT2D eigenvalue weighted by molar-refractivity contribution is 5.74. The van der Waals surface area contributed by atoms with Gasteiger partial charge in [-0.15, -0.1) is 0 Å². The van der Waals surface area contributed by atoms with Crippen molar-refractivity contribution in [2.75, 3.05) is 0 Å². The van der Waals surface area contributed by atoms with Gasteiger partial charge in [0.15, 0.2) is 0 Å². The minimum absolute atomic E-state index is 0.0890. The van der Waals surface area contributed by atoms with E-state index < -0.39 is 0 Å². The Morgan fingerprint density at radius 1 is 1.29 bits per heavy atom. The van der Waals surface area contributed by atoms with Crippen LogP contribution in [0.1, 0.15) is 62.0 Å². The molecule has 0 saturated heterocycles. The van der Waals surface area contributed by atoms with E-state index in [0.717, 1.165) is 28.3 Å². The highest BCUT2D eigenvalue weighted by Crippen LogP contribution is 2.21. The van der Waals surface area contributed by atoms with E-state index in [-0.39, 0.29) is 17.6 Å². The Labute approximate surface area is 142 Å². The zero-order valence-electron chi connectivity index (χ0n) is 15.5. The van der Waals surface area contributed by atoms with Crippen LogP contribution in [0, 0.1) is 20.8 Å². The number of aromatic nitrogens is 3. The fraction of sp³-hybridized carbons (Fsp3) is 0.588. The number of urea groups is 1. The summed E-state index contributed by atoms with van der Waals surface area (Å²) in [5.41, 5.74) is 3.55. The minimum atomic E-state index is -0.231. The molecule has 2 rings (SSSR count). The summed E-state index contributed by atoms with van der Waals surface area (Å²) in [5.74, 6) is 0.725. The molecule has 0 saturated carbocycles. The third kappa shape index (κ3) is 3.96. The summed E-state index contributed by atoms with van der Waals surface area (Å²) in [5, 5.41) is 14.2. The predicted octanol–water partition coefficient (Wildman–Crippen LogP) is 3.11. The molecule has 0 spiro atoms. The van der Waals surface area contributed by atoms with E-state index in [1.165, 1.54) is 0 Å². The second-order valence-electron chi connectivity index (χ2n) is 7.14. The third-order valence-electron chi connectivity index (χ3n) is 4.05. The van der Waals surface area contributed by atoms with Gasteiger partial charge in [-0.2, -0.15) is 5.10 Å². The van der Waals surface area contributed by atoms with Crippen molar-refractivity contribution in [1.82, 2.24) is 25.6 Å². The largest absolute Gasteiger partial charge is 0.361 e. The first kappa shape index (κ1) is 18.0. The molecule has 132 valence electrons. The van der Waals surface area contributed by atoms with Crippen LogP contribution in [0.25, 0.3) is 0 Å². The van der Waals surface area contributed by atoms with Crippen LogP contribution in [0.2, 0.25) is 0 Å². The van der Waals surface area contributed by atoms with Crippen molar-refractivity contribution in [3.05, 3.63) is 34.5 Å². The summed E-state index contributed by atoms with van der Waals surface area (Å²) in [4.78, 5) is 12.2. The molecular weight excluding hydrogens is 306 g/mol. The van der Waals surface area contributed by atoms with Gasteiger partial charge in [0.2, 0.25) is 0 Å². The molecule has 0 aromatic carbocycles. The van der Waals surface area contributed by atoms with Gasteiger partial charge < -0.3 is 15.2 Å². The lowest BCUT2D eigenvalue weighted by Crippen LogP contribution is -2.36. The van der Waals surface area contributed by atoms with E-state index >= 15 is 0 Å². The predicted molar refractivity (Wildman–Crippen MR) is 91.7 cm³/mol. The Hall–Kier alpha value is -2.31. The Balaban J connectivity index is 1.98. The average Bonchev–Trinajstić information content (AvgIpc) is 3.00. The number of rotatable bonds is 4. The molecule has 0 aliphatic rings. The van der Waals surface area contributed by atoms with E-state index in [1.54, 1.807) is 0 Å². The van der Waals surface area contributed by atoms with E-state index in [0.29, 0.717) is 6.54 Å². The maximum atomic E-state index is 12.2. The molecular formula is C17H27N5O2. The lowest BCUT2D eigenvalue weighted by Gasteiger charge is -2.19. The van der Waals surface area contributed by atoms with Crippen molar-refractivity contribution in [2.45, 2.75) is 66.6 Å².